The molecule has 21 heavy (non-hydrogen) atoms. The molecule has 0 aliphatic rings. The first-order chi connectivity index (χ1) is 9.88. The fourth-order valence-corrected chi connectivity index (χ4v) is 2.26. The van der Waals surface area contributed by atoms with Crippen molar-refractivity contribution in [1.82, 2.24) is 0 Å². The Morgan fingerprint density at radius 1 is 1.33 bits per heavy atom. The van der Waals surface area contributed by atoms with Crippen LogP contribution in [0.3, 0.4) is 0 Å². The molecule has 0 aliphatic carbocycles. The van der Waals surface area contributed by atoms with Crippen LogP contribution in [-0.4, -0.2) is 17.0 Å². The first kappa shape index (κ1) is 15.1. The quantitative estimate of drug-likeness (QED) is 0.767. The maximum atomic E-state index is 11.4. The van der Waals surface area contributed by atoms with Crippen molar-refractivity contribution in [3.8, 4) is 0 Å². The molecule has 0 radical (unpaired) electrons. The number of halogens is 1. The minimum Gasteiger partial charge on any atom is -0.478 e. The standard InChI is InChI=1S/C14H13BrN2O4/c1-7-11(14(19)20)5-9(21-7)6-17-12-4-8(15)2-3-10(12)13(16)18/h2-5,17H,6H2,1H3,(H2,16,18)(H,19,20). The Labute approximate surface area is 129 Å². The summed E-state index contributed by atoms with van der Waals surface area (Å²) in [5, 5.41) is 12.0. The first-order valence-corrected chi connectivity index (χ1v) is 6.83. The van der Waals surface area contributed by atoms with Crippen molar-refractivity contribution in [2.24, 2.45) is 5.73 Å². The number of carboxylic acid groups (broad SMARTS) is 1. The third-order valence-electron chi connectivity index (χ3n) is 2.90. The highest BCUT2D eigenvalue weighted by molar-refractivity contribution is 9.10. The zero-order valence-electron chi connectivity index (χ0n) is 11.1. The average Bonchev–Trinajstić information content (AvgIpc) is 2.77. The average molecular weight is 353 g/mol. The molecule has 0 spiro atoms. The van der Waals surface area contributed by atoms with Crippen molar-refractivity contribution in [3.63, 3.8) is 0 Å². The Kier molecular flexibility index (Phi) is 4.32. The predicted molar refractivity (Wildman–Crippen MR) is 80.4 cm³/mol. The van der Waals surface area contributed by atoms with Crippen LogP contribution in [0.15, 0.2) is 33.2 Å². The van der Waals surface area contributed by atoms with Gasteiger partial charge in [-0.15, -0.1) is 0 Å². The maximum Gasteiger partial charge on any atom is 0.339 e. The summed E-state index contributed by atoms with van der Waals surface area (Å²) in [7, 11) is 0. The highest BCUT2D eigenvalue weighted by atomic mass is 79.9. The second-order valence-electron chi connectivity index (χ2n) is 4.40. The van der Waals surface area contributed by atoms with Gasteiger partial charge in [-0.25, -0.2) is 4.79 Å². The lowest BCUT2D eigenvalue weighted by molar-refractivity contribution is 0.0694. The molecule has 2 aromatic rings. The van der Waals surface area contributed by atoms with Crippen LogP contribution in [0.25, 0.3) is 0 Å². The Morgan fingerprint density at radius 3 is 2.62 bits per heavy atom. The van der Waals surface area contributed by atoms with Gasteiger partial charge in [0.15, 0.2) is 0 Å². The SMILES string of the molecule is Cc1oc(CNc2cc(Br)ccc2C(N)=O)cc1C(=O)O. The highest BCUT2D eigenvalue weighted by Gasteiger charge is 2.14. The van der Waals surface area contributed by atoms with E-state index in [-0.39, 0.29) is 12.1 Å². The van der Waals surface area contributed by atoms with Crippen LogP contribution in [0.4, 0.5) is 5.69 Å². The number of aryl methyl sites for hydroxylation is 1. The monoisotopic (exact) mass is 352 g/mol. The molecule has 4 N–H and O–H groups in total. The van der Waals surface area contributed by atoms with Crippen molar-refractivity contribution in [1.29, 1.82) is 0 Å². The van der Waals surface area contributed by atoms with Gasteiger partial charge in [0.1, 0.15) is 17.1 Å². The summed E-state index contributed by atoms with van der Waals surface area (Å²) < 4.78 is 6.15. The van der Waals surface area contributed by atoms with E-state index in [9.17, 15) is 9.59 Å². The van der Waals surface area contributed by atoms with E-state index in [4.69, 9.17) is 15.3 Å². The van der Waals surface area contributed by atoms with Gasteiger partial charge in [0.2, 0.25) is 0 Å². The van der Waals surface area contributed by atoms with Crippen molar-refractivity contribution >= 4 is 33.5 Å². The van der Waals surface area contributed by atoms with Crippen molar-refractivity contribution in [2.45, 2.75) is 13.5 Å². The van der Waals surface area contributed by atoms with Gasteiger partial charge < -0.3 is 20.6 Å². The zero-order valence-corrected chi connectivity index (χ0v) is 12.7. The van der Waals surface area contributed by atoms with Crippen LogP contribution in [-0.2, 0) is 6.54 Å². The third-order valence-corrected chi connectivity index (χ3v) is 3.39. The number of anilines is 1. The van der Waals surface area contributed by atoms with Crippen LogP contribution in [0.5, 0.6) is 0 Å². The number of benzene rings is 1. The fourth-order valence-electron chi connectivity index (χ4n) is 1.90. The smallest absolute Gasteiger partial charge is 0.339 e. The number of nitrogens with two attached hydrogens (primary N) is 1. The largest absolute Gasteiger partial charge is 0.478 e. The van der Waals surface area contributed by atoms with Crippen LogP contribution in [0, 0.1) is 6.92 Å². The van der Waals surface area contributed by atoms with Crippen molar-refractivity contribution in [2.75, 3.05) is 5.32 Å². The van der Waals surface area contributed by atoms with Gasteiger partial charge in [0, 0.05) is 10.2 Å². The predicted octanol–water partition coefficient (Wildman–Crippen LogP) is 2.76. The van der Waals surface area contributed by atoms with E-state index in [1.54, 1.807) is 25.1 Å². The second kappa shape index (κ2) is 6.01. The molecular formula is C14H13BrN2O4. The molecule has 1 aromatic heterocycles. The number of rotatable bonds is 5. The lowest BCUT2D eigenvalue weighted by Crippen LogP contribution is -2.14. The molecule has 0 saturated carbocycles. The number of aromatic carboxylic acids is 1. The van der Waals surface area contributed by atoms with Gasteiger partial charge >= 0.3 is 5.97 Å². The molecule has 110 valence electrons. The number of carbonyl (C=O) groups excluding carboxylic acids is 1. The van der Waals surface area contributed by atoms with E-state index in [2.05, 4.69) is 21.2 Å². The van der Waals surface area contributed by atoms with Gasteiger partial charge in [-0.3, -0.25) is 4.79 Å². The first-order valence-electron chi connectivity index (χ1n) is 6.04. The molecule has 0 saturated heterocycles. The number of carboxylic acids is 1. The van der Waals surface area contributed by atoms with Gasteiger partial charge in [0.25, 0.3) is 5.91 Å². The summed E-state index contributed by atoms with van der Waals surface area (Å²) in [6.45, 7) is 1.83. The number of hydrogen-bond donors (Lipinski definition) is 3. The molecule has 1 heterocycles. The molecular weight excluding hydrogens is 340 g/mol. The molecule has 2 rings (SSSR count). The maximum absolute atomic E-state index is 11.4. The van der Waals surface area contributed by atoms with E-state index in [0.29, 0.717) is 22.8 Å². The third kappa shape index (κ3) is 3.43. The van der Waals surface area contributed by atoms with Crippen molar-refractivity contribution < 1.29 is 19.1 Å². The van der Waals surface area contributed by atoms with Gasteiger partial charge in [-0.05, 0) is 31.2 Å². The summed E-state index contributed by atoms with van der Waals surface area (Å²) in [5.41, 5.74) is 6.32. The van der Waals surface area contributed by atoms with Crippen molar-refractivity contribution in [3.05, 3.63) is 51.4 Å². The van der Waals surface area contributed by atoms with E-state index >= 15 is 0 Å². The number of furan rings is 1. The lowest BCUT2D eigenvalue weighted by atomic mass is 10.1. The Balaban J connectivity index is 2.20. The van der Waals surface area contributed by atoms with Gasteiger partial charge in [-0.2, -0.15) is 0 Å². The molecule has 0 fully saturated rings. The molecule has 0 bridgehead atoms. The number of hydrogen-bond acceptors (Lipinski definition) is 4. The van der Waals surface area contributed by atoms with E-state index in [1.165, 1.54) is 6.07 Å². The van der Waals surface area contributed by atoms with Crippen LogP contribution in [0.2, 0.25) is 0 Å². The van der Waals surface area contributed by atoms with Crippen LogP contribution < -0.4 is 11.1 Å². The van der Waals surface area contributed by atoms with E-state index < -0.39 is 11.9 Å². The molecule has 0 aliphatic heterocycles. The summed E-state index contributed by atoms with van der Waals surface area (Å²) in [4.78, 5) is 22.3. The van der Waals surface area contributed by atoms with E-state index in [0.717, 1.165) is 4.47 Å². The Hall–Kier alpha value is -2.28. The zero-order chi connectivity index (χ0) is 15.6. The van der Waals surface area contributed by atoms with E-state index in [1.807, 2.05) is 0 Å². The molecule has 1 amide bonds. The summed E-state index contributed by atoms with van der Waals surface area (Å²) in [6.07, 6.45) is 0. The van der Waals surface area contributed by atoms with Crippen LogP contribution in [0.1, 0.15) is 32.2 Å². The minimum absolute atomic E-state index is 0.121. The Bertz CT molecular complexity index is 709. The topological polar surface area (TPSA) is 106 Å². The summed E-state index contributed by atoms with van der Waals surface area (Å²) in [6, 6.07) is 6.48. The number of primary amides is 1. The normalized spacial score (nSPS) is 10.4. The highest BCUT2D eigenvalue weighted by Crippen LogP contribution is 2.23. The molecule has 1 aromatic carbocycles. The number of amides is 1. The van der Waals surface area contributed by atoms with Gasteiger partial charge in [0.05, 0.1) is 12.1 Å². The molecule has 7 heteroatoms. The van der Waals surface area contributed by atoms with Crippen LogP contribution >= 0.6 is 15.9 Å². The van der Waals surface area contributed by atoms with Gasteiger partial charge in [-0.1, -0.05) is 15.9 Å². The second-order valence-corrected chi connectivity index (χ2v) is 5.31. The molecule has 0 unspecified atom stereocenters. The summed E-state index contributed by atoms with van der Waals surface area (Å²) in [5.74, 6) is -0.793. The molecule has 0 atom stereocenters. The molecule has 6 nitrogen and oxygen atoms in total. The minimum atomic E-state index is -1.04. The lowest BCUT2D eigenvalue weighted by Gasteiger charge is -2.09. The number of nitrogens with one attached hydrogen (secondary N) is 1. The number of carbonyl (C=O) groups is 2. The Morgan fingerprint density at radius 2 is 2.05 bits per heavy atom. The fraction of sp³-hybridized carbons (Fsp3) is 0.143. The summed E-state index contributed by atoms with van der Waals surface area (Å²) >= 11 is 3.31.